The molecule has 0 bridgehead atoms. The minimum Gasteiger partial charge on any atom is -0.372 e. The van der Waals surface area contributed by atoms with E-state index in [9.17, 15) is 5.26 Å². The fourth-order valence-corrected chi connectivity index (χ4v) is 2.58. The lowest BCUT2D eigenvalue weighted by atomic mass is 10.00. The zero-order valence-corrected chi connectivity index (χ0v) is 12.3. The first-order chi connectivity index (χ1) is 8.58. The van der Waals surface area contributed by atoms with Gasteiger partial charge in [-0.15, -0.1) is 0 Å². The highest BCUT2D eigenvalue weighted by Crippen LogP contribution is 2.29. The van der Waals surface area contributed by atoms with Gasteiger partial charge in [0.05, 0.1) is 23.5 Å². The molecule has 1 unspecified atom stereocenters. The van der Waals surface area contributed by atoms with Gasteiger partial charge in [0.15, 0.2) is 0 Å². The van der Waals surface area contributed by atoms with Crippen LogP contribution in [0.1, 0.15) is 25.8 Å². The van der Waals surface area contributed by atoms with Gasteiger partial charge in [0, 0.05) is 17.6 Å². The van der Waals surface area contributed by atoms with Crippen molar-refractivity contribution in [2.45, 2.75) is 25.9 Å². The van der Waals surface area contributed by atoms with Crippen molar-refractivity contribution in [2.24, 2.45) is 0 Å². The highest BCUT2D eigenvalue weighted by atomic mass is 79.9. The number of nitrogens with zero attached hydrogens (tertiary/aromatic N) is 2. The van der Waals surface area contributed by atoms with Gasteiger partial charge in [-0.3, -0.25) is 0 Å². The quantitative estimate of drug-likeness (QED) is 0.841. The second-order valence-corrected chi connectivity index (χ2v) is 5.76. The monoisotopic (exact) mass is 308 g/mol. The molecule has 1 aliphatic heterocycles. The molecule has 1 heterocycles. The molecule has 0 aromatic heterocycles. The molecule has 0 radical (unpaired) electrons. The number of nitriles is 1. The molecule has 1 aromatic carbocycles. The third-order valence-electron chi connectivity index (χ3n) is 3.50. The molecular weight excluding hydrogens is 292 g/mol. The normalized spacial score (nSPS) is 23.8. The maximum absolute atomic E-state index is 9.23. The number of anilines is 1. The van der Waals surface area contributed by atoms with Crippen molar-refractivity contribution in [1.82, 2.24) is 0 Å². The number of ether oxygens (including phenoxy) is 1. The Morgan fingerprint density at radius 3 is 3.00 bits per heavy atom. The smallest absolute Gasteiger partial charge is 0.101 e. The molecule has 96 valence electrons. The first kappa shape index (κ1) is 13.4. The van der Waals surface area contributed by atoms with Crippen LogP contribution in [0.3, 0.4) is 0 Å². The van der Waals surface area contributed by atoms with Crippen LogP contribution in [0.5, 0.6) is 0 Å². The van der Waals surface area contributed by atoms with Gasteiger partial charge in [-0.2, -0.15) is 5.26 Å². The van der Waals surface area contributed by atoms with Crippen LogP contribution in [-0.4, -0.2) is 25.3 Å². The van der Waals surface area contributed by atoms with Crippen LogP contribution in [0.2, 0.25) is 0 Å². The zero-order valence-electron chi connectivity index (χ0n) is 10.7. The fourth-order valence-electron chi connectivity index (χ4n) is 2.22. The molecule has 1 aliphatic rings. The SMILES string of the molecule is CCC1(C)CN(c2ccc(Br)cc2C#N)CCO1. The minimum atomic E-state index is -0.113. The molecule has 1 aromatic rings. The van der Waals surface area contributed by atoms with Crippen LogP contribution in [0.4, 0.5) is 5.69 Å². The molecule has 0 amide bonds. The van der Waals surface area contributed by atoms with Crippen molar-refractivity contribution in [2.75, 3.05) is 24.6 Å². The van der Waals surface area contributed by atoms with Crippen molar-refractivity contribution < 1.29 is 4.74 Å². The van der Waals surface area contributed by atoms with E-state index in [0.717, 1.165) is 29.7 Å². The Balaban J connectivity index is 2.29. The number of hydrogen-bond acceptors (Lipinski definition) is 3. The van der Waals surface area contributed by atoms with Gasteiger partial charge in [0.1, 0.15) is 6.07 Å². The summed E-state index contributed by atoms with van der Waals surface area (Å²) in [5.41, 5.74) is 1.60. The van der Waals surface area contributed by atoms with E-state index in [0.29, 0.717) is 12.2 Å². The van der Waals surface area contributed by atoms with E-state index in [1.165, 1.54) is 0 Å². The van der Waals surface area contributed by atoms with Gasteiger partial charge in [-0.25, -0.2) is 0 Å². The first-order valence-corrected chi connectivity index (χ1v) is 6.96. The summed E-state index contributed by atoms with van der Waals surface area (Å²) >= 11 is 3.40. The van der Waals surface area contributed by atoms with E-state index < -0.39 is 0 Å². The lowest BCUT2D eigenvalue weighted by molar-refractivity contribution is -0.0441. The maximum Gasteiger partial charge on any atom is 0.101 e. The third-order valence-corrected chi connectivity index (χ3v) is 4.00. The average Bonchev–Trinajstić information content (AvgIpc) is 2.38. The van der Waals surface area contributed by atoms with Crippen LogP contribution in [0, 0.1) is 11.3 Å². The summed E-state index contributed by atoms with van der Waals surface area (Å²) in [4.78, 5) is 2.25. The number of hydrogen-bond donors (Lipinski definition) is 0. The summed E-state index contributed by atoms with van der Waals surface area (Å²) in [5, 5.41) is 9.23. The van der Waals surface area contributed by atoms with E-state index in [2.05, 4.69) is 40.7 Å². The van der Waals surface area contributed by atoms with Gasteiger partial charge in [-0.1, -0.05) is 22.9 Å². The topological polar surface area (TPSA) is 36.3 Å². The molecule has 1 atom stereocenters. The molecule has 0 saturated carbocycles. The predicted molar refractivity (Wildman–Crippen MR) is 75.7 cm³/mol. The van der Waals surface area contributed by atoms with Crippen molar-refractivity contribution in [1.29, 1.82) is 5.26 Å². The molecule has 0 N–H and O–H groups in total. The van der Waals surface area contributed by atoms with Gasteiger partial charge in [-0.05, 0) is 31.5 Å². The van der Waals surface area contributed by atoms with E-state index in [1.807, 2.05) is 18.2 Å². The summed E-state index contributed by atoms with van der Waals surface area (Å²) < 4.78 is 6.77. The van der Waals surface area contributed by atoms with Crippen LogP contribution in [0.25, 0.3) is 0 Å². The van der Waals surface area contributed by atoms with Crippen molar-refractivity contribution in [3.05, 3.63) is 28.2 Å². The van der Waals surface area contributed by atoms with Crippen molar-refractivity contribution >= 4 is 21.6 Å². The summed E-state index contributed by atoms with van der Waals surface area (Å²) in [6.45, 7) is 6.65. The zero-order chi connectivity index (χ0) is 13.2. The Morgan fingerprint density at radius 1 is 1.56 bits per heavy atom. The highest BCUT2D eigenvalue weighted by molar-refractivity contribution is 9.10. The second-order valence-electron chi connectivity index (χ2n) is 4.85. The van der Waals surface area contributed by atoms with Crippen molar-refractivity contribution in [3.8, 4) is 6.07 Å². The molecule has 0 aliphatic carbocycles. The lowest BCUT2D eigenvalue weighted by Crippen LogP contribution is -2.50. The molecule has 1 fully saturated rings. The molecule has 3 nitrogen and oxygen atoms in total. The molecule has 0 spiro atoms. The molecular formula is C14H17BrN2O. The van der Waals surface area contributed by atoms with Crippen LogP contribution >= 0.6 is 15.9 Å². The Labute approximate surface area is 116 Å². The molecule has 2 rings (SSSR count). The first-order valence-electron chi connectivity index (χ1n) is 6.16. The van der Waals surface area contributed by atoms with E-state index in [1.54, 1.807) is 0 Å². The third kappa shape index (κ3) is 2.68. The Kier molecular flexibility index (Phi) is 3.94. The predicted octanol–water partition coefficient (Wildman–Crippen LogP) is 3.33. The highest BCUT2D eigenvalue weighted by Gasteiger charge is 2.31. The summed E-state index contributed by atoms with van der Waals surface area (Å²) in [7, 11) is 0. The Bertz CT molecular complexity index is 483. The fraction of sp³-hybridized carbons (Fsp3) is 0.500. The maximum atomic E-state index is 9.23. The summed E-state index contributed by atoms with van der Waals surface area (Å²) in [6.07, 6.45) is 0.974. The molecule has 18 heavy (non-hydrogen) atoms. The minimum absolute atomic E-state index is 0.113. The van der Waals surface area contributed by atoms with Crippen LogP contribution in [0.15, 0.2) is 22.7 Å². The van der Waals surface area contributed by atoms with E-state index in [4.69, 9.17) is 4.74 Å². The Morgan fingerprint density at radius 2 is 2.33 bits per heavy atom. The van der Waals surface area contributed by atoms with Gasteiger partial charge in [0.2, 0.25) is 0 Å². The Hall–Kier alpha value is -1.05. The van der Waals surface area contributed by atoms with Gasteiger partial charge < -0.3 is 9.64 Å². The molecule has 4 heteroatoms. The number of benzene rings is 1. The summed E-state index contributed by atoms with van der Waals surface area (Å²) in [6, 6.07) is 8.12. The van der Waals surface area contributed by atoms with Crippen LogP contribution in [-0.2, 0) is 4.74 Å². The number of halogens is 1. The molecule has 1 saturated heterocycles. The lowest BCUT2D eigenvalue weighted by Gasteiger charge is -2.41. The van der Waals surface area contributed by atoms with Gasteiger partial charge >= 0.3 is 0 Å². The second kappa shape index (κ2) is 5.29. The van der Waals surface area contributed by atoms with Crippen LogP contribution < -0.4 is 4.90 Å². The van der Waals surface area contributed by atoms with Gasteiger partial charge in [0.25, 0.3) is 0 Å². The number of morpholine rings is 1. The van der Waals surface area contributed by atoms with E-state index in [-0.39, 0.29) is 5.60 Å². The largest absolute Gasteiger partial charge is 0.372 e. The average molecular weight is 309 g/mol. The number of rotatable bonds is 2. The van der Waals surface area contributed by atoms with Crippen molar-refractivity contribution in [3.63, 3.8) is 0 Å². The van der Waals surface area contributed by atoms with E-state index >= 15 is 0 Å². The summed E-state index contributed by atoms with van der Waals surface area (Å²) in [5.74, 6) is 0. The standard InChI is InChI=1S/C14H17BrN2O/c1-3-14(2)10-17(6-7-18-14)13-5-4-12(15)8-11(13)9-16/h4-5,8H,3,6-7,10H2,1-2H3.